The molecule has 0 aliphatic heterocycles. The summed E-state index contributed by atoms with van der Waals surface area (Å²) in [6, 6.07) is 42.6. The highest BCUT2D eigenvalue weighted by Crippen LogP contribution is 2.37. The highest BCUT2D eigenvalue weighted by atomic mass is 32.1. The molecule has 0 aliphatic carbocycles. The van der Waals surface area contributed by atoms with Crippen LogP contribution >= 0.6 is 11.3 Å². The minimum absolute atomic E-state index is 1.25. The first-order valence-electron chi connectivity index (χ1n) is 12.2. The quantitative estimate of drug-likeness (QED) is 0.218. The van der Waals surface area contributed by atoms with E-state index in [1.54, 1.807) is 0 Å². The Balaban J connectivity index is 1.31. The zero-order chi connectivity index (χ0) is 24.0. The van der Waals surface area contributed by atoms with Crippen LogP contribution in [0.4, 0.5) is 0 Å². The number of thiophene rings is 1. The van der Waals surface area contributed by atoms with Crippen molar-refractivity contribution in [1.82, 2.24) is 0 Å². The van der Waals surface area contributed by atoms with Crippen molar-refractivity contribution in [2.45, 2.75) is 19.6 Å². The van der Waals surface area contributed by atoms with Gasteiger partial charge in [-0.3, -0.25) is 0 Å². The molecule has 35 heavy (non-hydrogen) atoms. The maximum atomic E-state index is 2.39. The Labute approximate surface area is 212 Å². The Bertz CT molecular complexity index is 1650. The van der Waals surface area contributed by atoms with Crippen molar-refractivity contribution in [3.05, 3.63) is 115 Å². The van der Waals surface area contributed by atoms with Crippen molar-refractivity contribution in [2.75, 3.05) is 0 Å². The van der Waals surface area contributed by atoms with E-state index in [9.17, 15) is 0 Å². The van der Waals surface area contributed by atoms with Crippen LogP contribution in [-0.2, 0) is 0 Å². The second kappa shape index (κ2) is 8.64. The van der Waals surface area contributed by atoms with Crippen molar-refractivity contribution in [2.24, 2.45) is 0 Å². The molecule has 6 aromatic rings. The summed E-state index contributed by atoms with van der Waals surface area (Å²) in [7, 11) is -1.27. The lowest BCUT2D eigenvalue weighted by Gasteiger charge is -2.16. The molecular formula is C33H28SSi. The highest BCUT2D eigenvalue weighted by Gasteiger charge is 2.15. The summed E-state index contributed by atoms with van der Waals surface area (Å²) in [6.45, 7) is 7.18. The summed E-state index contributed by atoms with van der Waals surface area (Å²) in [5.41, 5.74) is 7.56. The molecule has 0 radical (unpaired) electrons. The lowest BCUT2D eigenvalue weighted by atomic mass is 9.96. The third-order valence-electron chi connectivity index (χ3n) is 6.88. The maximum Gasteiger partial charge on any atom is 0.0775 e. The van der Waals surface area contributed by atoms with Crippen molar-refractivity contribution >= 4 is 44.8 Å². The van der Waals surface area contributed by atoms with Crippen molar-refractivity contribution in [1.29, 1.82) is 0 Å². The van der Waals surface area contributed by atoms with E-state index in [1.807, 2.05) is 11.3 Å². The van der Waals surface area contributed by atoms with Gasteiger partial charge in [0.25, 0.3) is 0 Å². The van der Waals surface area contributed by atoms with Gasteiger partial charge >= 0.3 is 0 Å². The number of rotatable bonds is 4. The summed E-state index contributed by atoms with van der Waals surface area (Å²) in [5, 5.41) is 4.19. The molecule has 0 saturated heterocycles. The molecule has 6 rings (SSSR count). The molecule has 0 spiro atoms. The lowest BCUT2D eigenvalue weighted by molar-refractivity contribution is 1.58. The topological polar surface area (TPSA) is 0 Å². The third kappa shape index (κ3) is 4.25. The lowest BCUT2D eigenvalue weighted by Crippen LogP contribution is -2.37. The number of fused-ring (bicyclic) bond motifs is 3. The van der Waals surface area contributed by atoms with E-state index in [0.29, 0.717) is 0 Å². The predicted octanol–water partition coefficient (Wildman–Crippen LogP) is 9.60. The molecule has 170 valence electrons. The Morgan fingerprint density at radius 3 is 1.63 bits per heavy atom. The van der Waals surface area contributed by atoms with Crippen LogP contribution in [0.5, 0.6) is 0 Å². The minimum Gasteiger partial charge on any atom is -0.135 e. The van der Waals surface area contributed by atoms with Crippen LogP contribution < -0.4 is 5.19 Å². The smallest absolute Gasteiger partial charge is 0.0775 e. The fourth-order valence-electron chi connectivity index (χ4n) is 4.80. The van der Waals surface area contributed by atoms with Gasteiger partial charge in [-0.05, 0) is 57.6 Å². The Morgan fingerprint density at radius 1 is 0.429 bits per heavy atom. The van der Waals surface area contributed by atoms with E-state index in [-0.39, 0.29) is 0 Å². The fourth-order valence-corrected chi connectivity index (χ4v) is 7.05. The average Bonchev–Trinajstić information content (AvgIpc) is 3.26. The number of hydrogen-bond acceptors (Lipinski definition) is 1. The van der Waals surface area contributed by atoms with E-state index in [4.69, 9.17) is 0 Å². The first-order valence-corrected chi connectivity index (χ1v) is 16.5. The van der Waals surface area contributed by atoms with E-state index < -0.39 is 8.07 Å². The van der Waals surface area contributed by atoms with Crippen LogP contribution in [0.25, 0.3) is 53.6 Å². The molecule has 0 bridgehead atoms. The predicted molar refractivity (Wildman–Crippen MR) is 159 cm³/mol. The molecule has 0 fully saturated rings. The zero-order valence-electron chi connectivity index (χ0n) is 20.4. The zero-order valence-corrected chi connectivity index (χ0v) is 22.2. The molecule has 0 atom stereocenters. The first-order chi connectivity index (χ1) is 17.0. The van der Waals surface area contributed by atoms with Gasteiger partial charge in [0.1, 0.15) is 0 Å². The molecule has 0 saturated carbocycles. The van der Waals surface area contributed by atoms with Gasteiger partial charge in [0.15, 0.2) is 0 Å². The van der Waals surface area contributed by atoms with Crippen molar-refractivity contribution in [3.63, 3.8) is 0 Å². The summed E-state index contributed by atoms with van der Waals surface area (Å²) >= 11 is 1.87. The second-order valence-electron chi connectivity index (χ2n) is 10.3. The summed E-state index contributed by atoms with van der Waals surface area (Å²) in [4.78, 5) is 0. The summed E-state index contributed by atoms with van der Waals surface area (Å²) in [6.07, 6.45) is 0. The van der Waals surface area contributed by atoms with Crippen LogP contribution in [0.2, 0.25) is 19.6 Å². The first kappa shape index (κ1) is 22.0. The Kier molecular flexibility index (Phi) is 5.44. The van der Waals surface area contributed by atoms with E-state index in [2.05, 4.69) is 135 Å². The molecule has 1 aromatic heterocycles. The third-order valence-corrected chi connectivity index (χ3v) is 10.1. The van der Waals surface area contributed by atoms with Gasteiger partial charge in [0.2, 0.25) is 0 Å². The second-order valence-corrected chi connectivity index (χ2v) is 16.5. The van der Waals surface area contributed by atoms with Crippen LogP contribution in [-0.4, -0.2) is 8.07 Å². The molecule has 0 aliphatic rings. The SMILES string of the molecule is C[Si](C)(C)c1ccc(-c2ccc(-c3cccc(-c4ccc5sc6ccccc6c5c4)c3)cc2)cc1. The van der Waals surface area contributed by atoms with Gasteiger partial charge in [0.05, 0.1) is 8.07 Å². The van der Waals surface area contributed by atoms with E-state index >= 15 is 0 Å². The molecule has 1 heterocycles. The molecule has 0 amide bonds. The molecule has 0 unspecified atom stereocenters. The van der Waals surface area contributed by atoms with Gasteiger partial charge in [-0.15, -0.1) is 11.3 Å². The minimum atomic E-state index is -1.27. The van der Waals surface area contributed by atoms with E-state index in [0.717, 1.165) is 0 Å². The normalized spacial score (nSPS) is 11.9. The highest BCUT2D eigenvalue weighted by molar-refractivity contribution is 7.25. The molecule has 5 aromatic carbocycles. The molecule has 0 N–H and O–H groups in total. The maximum absolute atomic E-state index is 2.39. The van der Waals surface area contributed by atoms with Crippen molar-refractivity contribution < 1.29 is 0 Å². The van der Waals surface area contributed by atoms with Crippen LogP contribution in [0.3, 0.4) is 0 Å². The van der Waals surface area contributed by atoms with Crippen LogP contribution in [0.15, 0.2) is 115 Å². The van der Waals surface area contributed by atoms with Crippen LogP contribution in [0.1, 0.15) is 0 Å². The molecule has 0 nitrogen and oxygen atoms in total. The van der Waals surface area contributed by atoms with Gasteiger partial charge < -0.3 is 0 Å². The average molecular weight is 485 g/mol. The fraction of sp³-hybridized carbons (Fsp3) is 0.0909. The van der Waals surface area contributed by atoms with Gasteiger partial charge in [-0.2, -0.15) is 0 Å². The monoisotopic (exact) mass is 484 g/mol. The van der Waals surface area contributed by atoms with Gasteiger partial charge in [0, 0.05) is 20.2 Å². The molecular weight excluding hydrogens is 457 g/mol. The van der Waals surface area contributed by atoms with Gasteiger partial charge in [-0.25, -0.2) is 0 Å². The standard InChI is InChI=1S/C33H28SSi/c1-35(2,3)29-18-15-24(16-19-29)23-11-13-25(14-12-23)26-7-6-8-27(21-26)28-17-20-33-31(22-28)30-9-4-5-10-32(30)34-33/h4-22H,1-3H3. The number of benzene rings is 5. The summed E-state index contributed by atoms with van der Waals surface area (Å²) < 4.78 is 2.70. The van der Waals surface area contributed by atoms with E-state index in [1.165, 1.54) is 58.7 Å². The Morgan fingerprint density at radius 2 is 0.943 bits per heavy atom. The van der Waals surface area contributed by atoms with Gasteiger partial charge in [-0.1, -0.05) is 116 Å². The largest absolute Gasteiger partial charge is 0.135 e. The van der Waals surface area contributed by atoms with Crippen LogP contribution in [0, 0.1) is 0 Å². The summed E-state index contributed by atoms with van der Waals surface area (Å²) in [5.74, 6) is 0. The molecule has 2 heteroatoms. The number of hydrogen-bond donors (Lipinski definition) is 0. The van der Waals surface area contributed by atoms with Crippen molar-refractivity contribution in [3.8, 4) is 33.4 Å². The Hall–Kier alpha value is -3.46.